The summed E-state index contributed by atoms with van der Waals surface area (Å²) in [5.41, 5.74) is -0.0491. The first-order valence-corrected chi connectivity index (χ1v) is 9.77. The van der Waals surface area contributed by atoms with E-state index in [2.05, 4.69) is 10.4 Å². The molecule has 0 spiro atoms. The largest absolute Gasteiger partial charge is 0.497 e. The summed E-state index contributed by atoms with van der Waals surface area (Å²) in [6, 6.07) is 6.97. The van der Waals surface area contributed by atoms with E-state index in [-0.39, 0.29) is 23.2 Å². The lowest BCUT2D eigenvalue weighted by Crippen LogP contribution is -2.49. The molecule has 0 atom stereocenters. The van der Waals surface area contributed by atoms with Crippen LogP contribution < -0.4 is 20.5 Å². The lowest BCUT2D eigenvalue weighted by molar-refractivity contribution is -0.143. The summed E-state index contributed by atoms with van der Waals surface area (Å²) >= 11 is 6.02. The van der Waals surface area contributed by atoms with Gasteiger partial charge in [0, 0.05) is 31.9 Å². The zero-order valence-electron chi connectivity index (χ0n) is 16.7. The third-order valence-corrected chi connectivity index (χ3v) is 5.10. The molecule has 8 nitrogen and oxygen atoms in total. The van der Waals surface area contributed by atoms with Gasteiger partial charge in [-0.15, -0.1) is 0 Å². The van der Waals surface area contributed by atoms with Gasteiger partial charge in [-0.3, -0.25) is 14.5 Å². The van der Waals surface area contributed by atoms with Gasteiger partial charge >= 0.3 is 6.18 Å². The minimum Gasteiger partial charge on any atom is -0.497 e. The van der Waals surface area contributed by atoms with Crippen molar-refractivity contribution in [2.75, 3.05) is 50.1 Å². The molecule has 1 saturated heterocycles. The van der Waals surface area contributed by atoms with E-state index in [1.165, 1.54) is 6.20 Å². The maximum Gasteiger partial charge on any atom is 0.408 e. The average Bonchev–Trinajstić information content (AvgIpc) is 2.72. The van der Waals surface area contributed by atoms with Gasteiger partial charge in [-0.2, -0.15) is 18.3 Å². The zero-order chi connectivity index (χ0) is 22.6. The number of piperazine rings is 1. The van der Waals surface area contributed by atoms with Crippen LogP contribution in [0.4, 0.5) is 24.5 Å². The minimum atomic E-state index is -4.57. The van der Waals surface area contributed by atoms with Crippen LogP contribution in [0.1, 0.15) is 0 Å². The standard InChI is InChI=1S/C19H21ClF3N5O3/c1-31-14-4-2-13(3-5-14)25-16(29)11-26-6-8-27(9-7-26)15-10-24-28(12-19(21,22)23)18(30)17(15)20/h2-5,10H,6-9,11-12H2,1H3,(H,25,29). The number of hydrogen-bond donors (Lipinski definition) is 1. The van der Waals surface area contributed by atoms with Crippen molar-refractivity contribution >= 4 is 28.9 Å². The smallest absolute Gasteiger partial charge is 0.408 e. The molecule has 1 aliphatic rings. The maximum atomic E-state index is 12.5. The van der Waals surface area contributed by atoms with Gasteiger partial charge in [0.15, 0.2) is 0 Å². The van der Waals surface area contributed by atoms with Crippen LogP contribution in [-0.4, -0.2) is 66.6 Å². The molecule has 31 heavy (non-hydrogen) atoms. The number of carbonyl (C=O) groups excluding carboxylic acids is 1. The van der Waals surface area contributed by atoms with Gasteiger partial charge < -0.3 is 15.0 Å². The minimum absolute atomic E-state index is 0.173. The highest BCUT2D eigenvalue weighted by Crippen LogP contribution is 2.23. The van der Waals surface area contributed by atoms with Gasteiger partial charge in [0.1, 0.15) is 17.3 Å². The Morgan fingerprint density at radius 2 is 1.84 bits per heavy atom. The number of benzene rings is 1. The first-order chi connectivity index (χ1) is 14.7. The van der Waals surface area contributed by atoms with Gasteiger partial charge in [0.25, 0.3) is 5.56 Å². The Labute approximate surface area is 181 Å². The molecule has 1 N–H and O–H groups in total. The van der Waals surface area contributed by atoms with Crippen LogP contribution in [0.15, 0.2) is 35.3 Å². The monoisotopic (exact) mass is 459 g/mol. The Kier molecular flexibility index (Phi) is 7.06. The molecule has 1 fully saturated rings. The van der Waals surface area contributed by atoms with Crippen LogP contribution >= 0.6 is 11.6 Å². The highest BCUT2D eigenvalue weighted by molar-refractivity contribution is 6.33. The molecule has 0 saturated carbocycles. The molecule has 1 aromatic carbocycles. The van der Waals surface area contributed by atoms with E-state index in [0.29, 0.717) is 42.3 Å². The van der Waals surface area contributed by atoms with Crippen molar-refractivity contribution in [3.05, 3.63) is 45.8 Å². The number of hydrogen-bond acceptors (Lipinski definition) is 6. The second kappa shape index (κ2) is 9.56. The SMILES string of the molecule is COc1ccc(NC(=O)CN2CCN(c3cnn(CC(F)(F)F)c(=O)c3Cl)CC2)cc1. The summed E-state index contributed by atoms with van der Waals surface area (Å²) in [6.07, 6.45) is -3.40. The summed E-state index contributed by atoms with van der Waals surface area (Å²) in [5.74, 6) is 0.515. The third kappa shape index (κ3) is 6.11. The normalized spacial score (nSPS) is 15.1. The summed E-state index contributed by atoms with van der Waals surface area (Å²) in [7, 11) is 1.56. The fourth-order valence-corrected chi connectivity index (χ4v) is 3.45. The van der Waals surface area contributed by atoms with E-state index >= 15 is 0 Å². The predicted molar refractivity (Wildman–Crippen MR) is 110 cm³/mol. The number of anilines is 2. The third-order valence-electron chi connectivity index (χ3n) is 4.75. The molecule has 0 unspecified atom stereocenters. The number of aromatic nitrogens is 2. The predicted octanol–water partition coefficient (Wildman–Crippen LogP) is 2.23. The van der Waals surface area contributed by atoms with Gasteiger partial charge in [-0.1, -0.05) is 11.6 Å². The fraction of sp³-hybridized carbons (Fsp3) is 0.421. The Hall–Kier alpha value is -2.79. The van der Waals surface area contributed by atoms with E-state index in [9.17, 15) is 22.8 Å². The van der Waals surface area contributed by atoms with E-state index in [1.807, 2.05) is 4.90 Å². The number of alkyl halides is 3. The van der Waals surface area contributed by atoms with Crippen LogP contribution in [-0.2, 0) is 11.3 Å². The fourth-order valence-electron chi connectivity index (χ4n) is 3.18. The van der Waals surface area contributed by atoms with Crippen molar-refractivity contribution in [2.45, 2.75) is 12.7 Å². The van der Waals surface area contributed by atoms with E-state index in [4.69, 9.17) is 16.3 Å². The summed E-state index contributed by atoms with van der Waals surface area (Å²) < 4.78 is 43.0. The van der Waals surface area contributed by atoms with Gasteiger partial charge in [0.2, 0.25) is 5.91 Å². The van der Waals surface area contributed by atoms with Crippen molar-refractivity contribution < 1.29 is 22.7 Å². The lowest BCUT2D eigenvalue weighted by Gasteiger charge is -2.35. The lowest BCUT2D eigenvalue weighted by atomic mass is 10.2. The molecule has 0 aliphatic carbocycles. The molecule has 12 heteroatoms. The number of nitrogens with one attached hydrogen (secondary N) is 1. The van der Waals surface area contributed by atoms with E-state index < -0.39 is 18.3 Å². The Balaban J connectivity index is 1.55. The highest BCUT2D eigenvalue weighted by atomic mass is 35.5. The highest BCUT2D eigenvalue weighted by Gasteiger charge is 2.30. The maximum absolute atomic E-state index is 12.5. The quantitative estimate of drug-likeness (QED) is 0.713. The van der Waals surface area contributed by atoms with Crippen molar-refractivity contribution in [1.82, 2.24) is 14.7 Å². The number of carbonyl (C=O) groups is 1. The van der Waals surface area contributed by atoms with Crippen LogP contribution in [0.2, 0.25) is 5.02 Å². The number of nitrogens with zero attached hydrogens (tertiary/aromatic N) is 4. The molecule has 2 heterocycles. The molecule has 1 aliphatic heterocycles. The summed E-state index contributed by atoms with van der Waals surface area (Å²) in [6.45, 7) is 0.595. The summed E-state index contributed by atoms with van der Waals surface area (Å²) in [4.78, 5) is 28.1. The zero-order valence-corrected chi connectivity index (χ0v) is 17.4. The summed E-state index contributed by atoms with van der Waals surface area (Å²) in [5, 5.41) is 6.10. The number of ether oxygens (including phenoxy) is 1. The molecule has 3 rings (SSSR count). The van der Waals surface area contributed by atoms with Crippen LogP contribution in [0.5, 0.6) is 5.75 Å². The number of amides is 1. The number of rotatable bonds is 6. The van der Waals surface area contributed by atoms with Crippen LogP contribution in [0.25, 0.3) is 0 Å². The second-order valence-electron chi connectivity index (χ2n) is 6.96. The van der Waals surface area contributed by atoms with Crippen molar-refractivity contribution in [1.29, 1.82) is 0 Å². The average molecular weight is 460 g/mol. The molecule has 0 radical (unpaired) electrons. The molecule has 1 amide bonds. The Bertz CT molecular complexity index is 973. The molecular formula is C19H21ClF3N5O3. The van der Waals surface area contributed by atoms with Crippen molar-refractivity contribution in [2.24, 2.45) is 0 Å². The molecule has 1 aromatic heterocycles. The molecule has 168 valence electrons. The Morgan fingerprint density at radius 3 is 2.42 bits per heavy atom. The Morgan fingerprint density at radius 1 is 1.19 bits per heavy atom. The van der Waals surface area contributed by atoms with Gasteiger partial charge in [0.05, 0.1) is 25.5 Å². The van der Waals surface area contributed by atoms with Crippen molar-refractivity contribution in [3.63, 3.8) is 0 Å². The van der Waals surface area contributed by atoms with Crippen LogP contribution in [0, 0.1) is 0 Å². The molecule has 2 aromatic rings. The first-order valence-electron chi connectivity index (χ1n) is 9.40. The molecular weight excluding hydrogens is 439 g/mol. The van der Waals surface area contributed by atoms with E-state index in [0.717, 1.165) is 0 Å². The molecule has 0 bridgehead atoms. The first kappa shape index (κ1) is 22.9. The van der Waals surface area contributed by atoms with Crippen LogP contribution in [0.3, 0.4) is 0 Å². The topological polar surface area (TPSA) is 79.7 Å². The van der Waals surface area contributed by atoms with Gasteiger partial charge in [-0.05, 0) is 24.3 Å². The number of methoxy groups -OCH3 is 1. The van der Waals surface area contributed by atoms with E-state index in [1.54, 1.807) is 36.3 Å². The van der Waals surface area contributed by atoms with Crippen molar-refractivity contribution in [3.8, 4) is 5.75 Å². The van der Waals surface area contributed by atoms with Gasteiger partial charge in [-0.25, -0.2) is 4.68 Å². The second-order valence-corrected chi connectivity index (χ2v) is 7.34. The number of halogens is 4.